The Morgan fingerprint density at radius 1 is 1.18 bits per heavy atom. The smallest absolute Gasteiger partial charge is 0.224 e. The Labute approximate surface area is 103 Å². The molecule has 17 heavy (non-hydrogen) atoms. The Morgan fingerprint density at radius 2 is 2.06 bits per heavy atom. The van der Waals surface area contributed by atoms with Gasteiger partial charge in [0.05, 0.1) is 0 Å². The molecule has 5 nitrogen and oxygen atoms in total. The number of aliphatic hydroxyl groups is 1. The normalized spacial score (nSPS) is 10.2. The van der Waals surface area contributed by atoms with Gasteiger partial charge in [0.25, 0.3) is 0 Å². The highest BCUT2D eigenvalue weighted by atomic mass is 16.2. The first-order valence-corrected chi connectivity index (χ1v) is 6.28. The molecule has 0 amide bonds. The number of aliphatic hydroxyl groups excluding tert-OH is 1. The molecule has 1 aromatic rings. The number of aromatic nitrogens is 2. The molecule has 1 heterocycles. The van der Waals surface area contributed by atoms with E-state index in [2.05, 4.69) is 27.5 Å². The molecule has 96 valence electrons. The molecule has 3 N–H and O–H groups in total. The lowest BCUT2D eigenvalue weighted by atomic mass is 10.2. The van der Waals surface area contributed by atoms with E-state index in [1.807, 2.05) is 6.07 Å². The lowest BCUT2D eigenvalue weighted by Crippen LogP contribution is -2.08. The minimum atomic E-state index is 0.276. The van der Waals surface area contributed by atoms with Crippen molar-refractivity contribution < 1.29 is 5.11 Å². The molecule has 0 aliphatic rings. The highest BCUT2D eigenvalue weighted by Crippen LogP contribution is 2.06. The van der Waals surface area contributed by atoms with Crippen LogP contribution >= 0.6 is 0 Å². The van der Waals surface area contributed by atoms with Gasteiger partial charge in [-0.3, -0.25) is 0 Å². The fourth-order valence-corrected chi connectivity index (χ4v) is 1.41. The molecule has 0 unspecified atom stereocenters. The van der Waals surface area contributed by atoms with Gasteiger partial charge >= 0.3 is 0 Å². The Balaban J connectivity index is 2.27. The number of rotatable bonds is 9. The van der Waals surface area contributed by atoms with Gasteiger partial charge in [0.2, 0.25) is 5.95 Å². The molecular weight excluding hydrogens is 216 g/mol. The molecule has 1 aromatic heterocycles. The molecule has 0 radical (unpaired) electrons. The SMILES string of the molecule is CCCNc1nccc(NCCCCCO)n1. The second kappa shape index (κ2) is 8.75. The first-order chi connectivity index (χ1) is 8.36. The van der Waals surface area contributed by atoms with Crippen LogP contribution in [0.5, 0.6) is 0 Å². The Morgan fingerprint density at radius 3 is 2.82 bits per heavy atom. The van der Waals surface area contributed by atoms with Crippen molar-refractivity contribution in [2.24, 2.45) is 0 Å². The maximum Gasteiger partial charge on any atom is 0.224 e. The van der Waals surface area contributed by atoms with Crippen molar-refractivity contribution in [1.29, 1.82) is 0 Å². The van der Waals surface area contributed by atoms with E-state index in [1.165, 1.54) is 0 Å². The van der Waals surface area contributed by atoms with Crippen molar-refractivity contribution in [3.8, 4) is 0 Å². The van der Waals surface area contributed by atoms with Crippen molar-refractivity contribution in [2.75, 3.05) is 30.3 Å². The standard InChI is InChI=1S/C12H22N4O/c1-2-7-14-12-15-9-6-11(16-12)13-8-4-3-5-10-17/h6,9,17H,2-5,7-8,10H2,1H3,(H2,13,14,15,16). The monoisotopic (exact) mass is 238 g/mol. The minimum Gasteiger partial charge on any atom is -0.396 e. The Kier molecular flexibility index (Phi) is 7.06. The predicted molar refractivity (Wildman–Crippen MR) is 70.2 cm³/mol. The summed E-state index contributed by atoms with van der Waals surface area (Å²) in [4.78, 5) is 8.48. The van der Waals surface area contributed by atoms with Gasteiger partial charge in [-0.05, 0) is 31.7 Å². The summed E-state index contributed by atoms with van der Waals surface area (Å²) in [5.41, 5.74) is 0. The zero-order valence-electron chi connectivity index (χ0n) is 10.4. The van der Waals surface area contributed by atoms with Crippen LogP contribution in [0.3, 0.4) is 0 Å². The van der Waals surface area contributed by atoms with Gasteiger partial charge in [0.1, 0.15) is 5.82 Å². The van der Waals surface area contributed by atoms with Crippen LogP contribution < -0.4 is 10.6 Å². The fourth-order valence-electron chi connectivity index (χ4n) is 1.41. The first kappa shape index (κ1) is 13.7. The molecule has 0 aliphatic heterocycles. The third-order valence-corrected chi connectivity index (χ3v) is 2.33. The van der Waals surface area contributed by atoms with E-state index < -0.39 is 0 Å². The van der Waals surface area contributed by atoms with Crippen LogP contribution in [-0.4, -0.2) is 34.8 Å². The van der Waals surface area contributed by atoms with E-state index in [-0.39, 0.29) is 6.61 Å². The first-order valence-electron chi connectivity index (χ1n) is 6.28. The largest absolute Gasteiger partial charge is 0.396 e. The number of hydrogen-bond acceptors (Lipinski definition) is 5. The third-order valence-electron chi connectivity index (χ3n) is 2.33. The van der Waals surface area contributed by atoms with Crippen molar-refractivity contribution in [2.45, 2.75) is 32.6 Å². The van der Waals surface area contributed by atoms with Crippen LogP contribution in [-0.2, 0) is 0 Å². The van der Waals surface area contributed by atoms with Crippen LogP contribution in [0.1, 0.15) is 32.6 Å². The summed E-state index contributed by atoms with van der Waals surface area (Å²) in [6, 6.07) is 1.86. The lowest BCUT2D eigenvalue weighted by Gasteiger charge is -2.07. The van der Waals surface area contributed by atoms with Gasteiger partial charge in [-0.2, -0.15) is 4.98 Å². The van der Waals surface area contributed by atoms with Crippen LogP contribution in [0, 0.1) is 0 Å². The van der Waals surface area contributed by atoms with Crippen LogP contribution in [0.15, 0.2) is 12.3 Å². The zero-order valence-corrected chi connectivity index (χ0v) is 10.4. The quantitative estimate of drug-likeness (QED) is 0.573. The number of nitrogens with zero attached hydrogens (tertiary/aromatic N) is 2. The summed E-state index contributed by atoms with van der Waals surface area (Å²) < 4.78 is 0. The van der Waals surface area contributed by atoms with Gasteiger partial charge in [0, 0.05) is 25.9 Å². The highest BCUT2D eigenvalue weighted by Gasteiger charge is 1.97. The maximum atomic E-state index is 8.65. The van der Waals surface area contributed by atoms with Gasteiger partial charge in [-0.25, -0.2) is 4.98 Å². The molecule has 0 bridgehead atoms. The summed E-state index contributed by atoms with van der Waals surface area (Å²) in [5, 5.41) is 15.0. The summed E-state index contributed by atoms with van der Waals surface area (Å²) in [6.45, 7) is 4.15. The fraction of sp³-hybridized carbons (Fsp3) is 0.667. The number of anilines is 2. The molecule has 5 heteroatoms. The van der Waals surface area contributed by atoms with Gasteiger partial charge in [-0.15, -0.1) is 0 Å². The van der Waals surface area contributed by atoms with Crippen molar-refractivity contribution >= 4 is 11.8 Å². The average Bonchev–Trinajstić information content (AvgIpc) is 2.37. The van der Waals surface area contributed by atoms with E-state index in [0.29, 0.717) is 5.95 Å². The van der Waals surface area contributed by atoms with Gasteiger partial charge < -0.3 is 15.7 Å². The van der Waals surface area contributed by atoms with E-state index in [1.54, 1.807) is 6.20 Å². The highest BCUT2D eigenvalue weighted by molar-refractivity contribution is 5.39. The van der Waals surface area contributed by atoms with E-state index in [0.717, 1.165) is 44.6 Å². The van der Waals surface area contributed by atoms with Gasteiger partial charge in [0.15, 0.2) is 0 Å². The summed E-state index contributed by atoms with van der Waals surface area (Å²) in [6.07, 6.45) is 5.76. The zero-order chi connectivity index (χ0) is 12.3. The molecule has 0 saturated heterocycles. The van der Waals surface area contributed by atoms with Gasteiger partial charge in [-0.1, -0.05) is 6.92 Å². The second-order valence-electron chi connectivity index (χ2n) is 3.90. The van der Waals surface area contributed by atoms with Crippen molar-refractivity contribution in [1.82, 2.24) is 9.97 Å². The predicted octanol–water partition coefficient (Wildman–Crippen LogP) is 1.87. The third kappa shape index (κ3) is 6.06. The average molecular weight is 238 g/mol. The molecule has 0 atom stereocenters. The second-order valence-corrected chi connectivity index (χ2v) is 3.90. The molecule has 0 spiro atoms. The Hall–Kier alpha value is -1.36. The number of unbranched alkanes of at least 4 members (excludes halogenated alkanes) is 2. The number of nitrogens with one attached hydrogen (secondary N) is 2. The molecular formula is C12H22N4O. The van der Waals surface area contributed by atoms with E-state index in [4.69, 9.17) is 5.11 Å². The minimum absolute atomic E-state index is 0.276. The van der Waals surface area contributed by atoms with Crippen molar-refractivity contribution in [3.63, 3.8) is 0 Å². The summed E-state index contributed by atoms with van der Waals surface area (Å²) in [5.74, 6) is 1.52. The summed E-state index contributed by atoms with van der Waals surface area (Å²) in [7, 11) is 0. The molecule has 0 aromatic carbocycles. The van der Waals surface area contributed by atoms with E-state index in [9.17, 15) is 0 Å². The van der Waals surface area contributed by atoms with Crippen LogP contribution in [0.2, 0.25) is 0 Å². The van der Waals surface area contributed by atoms with E-state index >= 15 is 0 Å². The molecule has 1 rings (SSSR count). The number of hydrogen-bond donors (Lipinski definition) is 3. The maximum absolute atomic E-state index is 8.65. The van der Waals surface area contributed by atoms with Crippen LogP contribution in [0.25, 0.3) is 0 Å². The lowest BCUT2D eigenvalue weighted by molar-refractivity contribution is 0.283. The molecule has 0 aliphatic carbocycles. The summed E-state index contributed by atoms with van der Waals surface area (Å²) >= 11 is 0. The van der Waals surface area contributed by atoms with Crippen molar-refractivity contribution in [3.05, 3.63) is 12.3 Å². The molecule has 0 saturated carbocycles. The van der Waals surface area contributed by atoms with Crippen LogP contribution in [0.4, 0.5) is 11.8 Å². The molecule has 0 fully saturated rings. The Bertz CT molecular complexity index is 306. The topological polar surface area (TPSA) is 70.1 Å².